The van der Waals surface area contributed by atoms with Gasteiger partial charge >= 0.3 is 0 Å². The number of carbonyl (C=O) groups excluding carboxylic acids is 1. The largest absolute Gasteiger partial charge is 0.495 e. The zero-order chi connectivity index (χ0) is 14.3. The van der Waals surface area contributed by atoms with Crippen molar-refractivity contribution in [1.82, 2.24) is 4.98 Å². The van der Waals surface area contributed by atoms with Crippen molar-refractivity contribution < 1.29 is 9.53 Å². The fourth-order valence-electron chi connectivity index (χ4n) is 2.51. The summed E-state index contributed by atoms with van der Waals surface area (Å²) in [6, 6.07) is 7.06. The van der Waals surface area contributed by atoms with Crippen LogP contribution in [-0.2, 0) is 0 Å². The molecule has 20 heavy (non-hydrogen) atoms. The van der Waals surface area contributed by atoms with E-state index in [9.17, 15) is 4.79 Å². The molecule has 2 aromatic rings. The van der Waals surface area contributed by atoms with Gasteiger partial charge in [-0.05, 0) is 30.7 Å². The van der Waals surface area contributed by atoms with Crippen LogP contribution in [0.25, 0.3) is 0 Å². The first-order valence-electron chi connectivity index (χ1n) is 6.24. The second-order valence-electron chi connectivity index (χ2n) is 4.67. The molecule has 0 aliphatic carbocycles. The Balaban J connectivity index is 2.06. The summed E-state index contributed by atoms with van der Waals surface area (Å²) in [6.45, 7) is 1.97. The third-order valence-corrected chi connectivity index (χ3v) is 3.75. The molecule has 0 bridgehead atoms. The molecule has 1 aliphatic heterocycles. The fraction of sp³-hybridized carbons (Fsp3) is 0.200. The number of methoxy groups -OCH3 is 1. The van der Waals surface area contributed by atoms with E-state index in [0.29, 0.717) is 22.0 Å². The Morgan fingerprint density at radius 1 is 1.30 bits per heavy atom. The number of aromatic nitrogens is 1. The first-order chi connectivity index (χ1) is 9.61. The lowest BCUT2D eigenvalue weighted by Crippen LogP contribution is -2.26. The molecule has 0 radical (unpaired) electrons. The molecule has 1 aromatic carbocycles. The fourth-order valence-corrected chi connectivity index (χ4v) is 2.69. The topological polar surface area (TPSA) is 42.4 Å². The SMILES string of the molecule is COc1cncc(N2C(=O)c3ccc(Cl)cc3C2C)c1. The zero-order valence-corrected chi connectivity index (χ0v) is 11.9. The number of amides is 1. The number of halogens is 1. The van der Waals surface area contributed by atoms with Crippen molar-refractivity contribution in [2.24, 2.45) is 0 Å². The summed E-state index contributed by atoms with van der Waals surface area (Å²) >= 11 is 6.02. The van der Waals surface area contributed by atoms with E-state index in [0.717, 1.165) is 5.56 Å². The smallest absolute Gasteiger partial charge is 0.259 e. The van der Waals surface area contributed by atoms with Crippen molar-refractivity contribution in [2.45, 2.75) is 13.0 Å². The average Bonchev–Trinajstić information content (AvgIpc) is 2.70. The van der Waals surface area contributed by atoms with Crippen molar-refractivity contribution >= 4 is 23.2 Å². The van der Waals surface area contributed by atoms with Gasteiger partial charge in [0.15, 0.2) is 0 Å². The van der Waals surface area contributed by atoms with Gasteiger partial charge in [0.1, 0.15) is 5.75 Å². The van der Waals surface area contributed by atoms with Gasteiger partial charge in [-0.1, -0.05) is 11.6 Å². The van der Waals surface area contributed by atoms with Crippen LogP contribution in [0.2, 0.25) is 5.02 Å². The van der Waals surface area contributed by atoms with Gasteiger partial charge in [-0.15, -0.1) is 0 Å². The molecule has 0 N–H and O–H groups in total. The molecule has 4 nitrogen and oxygen atoms in total. The Hall–Kier alpha value is -2.07. The third kappa shape index (κ3) is 1.93. The van der Waals surface area contributed by atoms with Crippen LogP contribution in [-0.4, -0.2) is 18.0 Å². The summed E-state index contributed by atoms with van der Waals surface area (Å²) in [4.78, 5) is 18.3. The van der Waals surface area contributed by atoms with Gasteiger partial charge in [0.2, 0.25) is 0 Å². The van der Waals surface area contributed by atoms with Gasteiger partial charge in [-0.25, -0.2) is 0 Å². The molecule has 1 aliphatic rings. The van der Waals surface area contributed by atoms with Crippen LogP contribution in [0.15, 0.2) is 36.7 Å². The van der Waals surface area contributed by atoms with Crippen LogP contribution in [0.1, 0.15) is 28.9 Å². The maximum Gasteiger partial charge on any atom is 0.259 e. The number of carbonyl (C=O) groups is 1. The maximum absolute atomic E-state index is 12.5. The van der Waals surface area contributed by atoms with Crippen molar-refractivity contribution in [3.63, 3.8) is 0 Å². The molecule has 5 heteroatoms. The molecular weight excluding hydrogens is 276 g/mol. The molecule has 0 spiro atoms. The predicted octanol–water partition coefficient (Wildman–Crippen LogP) is 3.47. The van der Waals surface area contributed by atoms with Crippen molar-refractivity contribution in [3.05, 3.63) is 52.8 Å². The van der Waals surface area contributed by atoms with Crippen LogP contribution < -0.4 is 9.64 Å². The molecule has 1 atom stereocenters. The van der Waals surface area contributed by atoms with Crippen molar-refractivity contribution in [2.75, 3.05) is 12.0 Å². The molecule has 0 saturated carbocycles. The third-order valence-electron chi connectivity index (χ3n) is 3.51. The first-order valence-corrected chi connectivity index (χ1v) is 6.61. The number of anilines is 1. The normalized spacial score (nSPS) is 17.2. The molecule has 1 amide bonds. The molecule has 0 fully saturated rings. The Kier molecular flexibility index (Phi) is 3.10. The second kappa shape index (κ2) is 4.80. The van der Waals surface area contributed by atoms with Gasteiger partial charge < -0.3 is 4.74 Å². The molecule has 1 aromatic heterocycles. The number of benzene rings is 1. The quantitative estimate of drug-likeness (QED) is 0.850. The van der Waals surface area contributed by atoms with E-state index in [1.807, 2.05) is 13.0 Å². The minimum absolute atomic E-state index is 0.0424. The van der Waals surface area contributed by atoms with E-state index in [-0.39, 0.29) is 11.9 Å². The lowest BCUT2D eigenvalue weighted by Gasteiger charge is -2.22. The molecule has 102 valence electrons. The van der Waals surface area contributed by atoms with Crippen molar-refractivity contribution in [3.8, 4) is 5.75 Å². The van der Waals surface area contributed by atoms with E-state index in [1.165, 1.54) is 0 Å². The maximum atomic E-state index is 12.5. The number of rotatable bonds is 2. The highest BCUT2D eigenvalue weighted by molar-refractivity contribution is 6.31. The molecular formula is C15H13ClN2O2. The van der Waals surface area contributed by atoms with Crippen LogP contribution in [0.4, 0.5) is 5.69 Å². The Labute approximate surface area is 122 Å². The number of fused-ring (bicyclic) bond motifs is 1. The van der Waals surface area contributed by atoms with Gasteiger partial charge in [0.25, 0.3) is 5.91 Å². The standard InChI is InChI=1S/C15H13ClN2O2/c1-9-14-5-10(16)3-4-13(14)15(19)18(9)11-6-12(20-2)8-17-7-11/h3-9H,1-2H3. The van der Waals surface area contributed by atoms with E-state index in [1.54, 1.807) is 42.6 Å². The summed E-state index contributed by atoms with van der Waals surface area (Å²) in [6.07, 6.45) is 3.27. The van der Waals surface area contributed by atoms with Crippen molar-refractivity contribution in [1.29, 1.82) is 0 Å². The highest BCUT2D eigenvalue weighted by Crippen LogP contribution is 2.38. The summed E-state index contributed by atoms with van der Waals surface area (Å²) in [5.41, 5.74) is 2.34. The molecule has 3 rings (SSSR count). The van der Waals surface area contributed by atoms with E-state index in [4.69, 9.17) is 16.3 Å². The summed E-state index contributed by atoms with van der Waals surface area (Å²) in [7, 11) is 1.57. The van der Waals surface area contributed by atoms with Gasteiger partial charge in [0, 0.05) is 16.7 Å². The van der Waals surface area contributed by atoms with Gasteiger partial charge in [0.05, 0.1) is 31.2 Å². The van der Waals surface area contributed by atoms with Gasteiger partial charge in [-0.3, -0.25) is 14.7 Å². The molecule has 1 unspecified atom stereocenters. The molecule has 0 saturated heterocycles. The molecule has 2 heterocycles. The average molecular weight is 289 g/mol. The van der Waals surface area contributed by atoms with Gasteiger partial charge in [-0.2, -0.15) is 0 Å². The minimum atomic E-state index is -0.0786. The van der Waals surface area contributed by atoms with Crippen LogP contribution >= 0.6 is 11.6 Å². The lowest BCUT2D eigenvalue weighted by molar-refractivity contribution is 0.0992. The van der Waals surface area contributed by atoms with Crippen LogP contribution in [0, 0.1) is 0 Å². The minimum Gasteiger partial charge on any atom is -0.495 e. The number of hydrogen-bond donors (Lipinski definition) is 0. The van der Waals surface area contributed by atoms with E-state index in [2.05, 4.69) is 4.98 Å². The Morgan fingerprint density at radius 2 is 2.10 bits per heavy atom. The number of nitrogens with zero attached hydrogens (tertiary/aromatic N) is 2. The second-order valence-corrected chi connectivity index (χ2v) is 5.10. The lowest BCUT2D eigenvalue weighted by atomic mass is 10.1. The predicted molar refractivity (Wildman–Crippen MR) is 77.5 cm³/mol. The number of pyridine rings is 1. The highest BCUT2D eigenvalue weighted by Gasteiger charge is 2.35. The van der Waals surface area contributed by atoms with E-state index >= 15 is 0 Å². The summed E-state index contributed by atoms with van der Waals surface area (Å²) in [5.74, 6) is 0.579. The van der Waals surface area contributed by atoms with Crippen LogP contribution in [0.3, 0.4) is 0 Å². The number of hydrogen-bond acceptors (Lipinski definition) is 3. The summed E-state index contributed by atoms with van der Waals surface area (Å²) < 4.78 is 5.16. The van der Waals surface area contributed by atoms with E-state index < -0.39 is 0 Å². The first kappa shape index (κ1) is 12.9. The Bertz CT molecular complexity index is 687. The summed E-state index contributed by atoms with van der Waals surface area (Å²) in [5, 5.41) is 0.633. The Morgan fingerprint density at radius 3 is 2.85 bits per heavy atom. The monoisotopic (exact) mass is 288 g/mol. The van der Waals surface area contributed by atoms with Crippen LogP contribution in [0.5, 0.6) is 5.75 Å². The number of ether oxygens (including phenoxy) is 1. The highest BCUT2D eigenvalue weighted by atomic mass is 35.5. The zero-order valence-electron chi connectivity index (χ0n) is 11.1.